The Bertz CT molecular complexity index is 1010. The van der Waals surface area contributed by atoms with Crippen molar-refractivity contribution in [2.75, 3.05) is 32.8 Å². The summed E-state index contributed by atoms with van der Waals surface area (Å²) in [6, 6.07) is 11.2. The molecule has 2 fully saturated rings. The molecule has 4 rings (SSSR count). The molecular weight excluding hydrogens is 436 g/mol. The number of rotatable bonds is 9. The van der Waals surface area contributed by atoms with Crippen LogP contribution < -0.4 is 29.2 Å². The van der Waals surface area contributed by atoms with Gasteiger partial charge in [0.2, 0.25) is 17.6 Å². The van der Waals surface area contributed by atoms with E-state index in [9.17, 15) is 9.59 Å². The van der Waals surface area contributed by atoms with Crippen molar-refractivity contribution in [3.05, 3.63) is 42.0 Å². The Balaban J connectivity index is 1.41. The first kappa shape index (κ1) is 23.7. The largest absolute Gasteiger partial charge is 0.493 e. The molecule has 34 heavy (non-hydrogen) atoms. The Morgan fingerprint density at radius 2 is 1.68 bits per heavy atom. The first-order valence-corrected chi connectivity index (χ1v) is 11.7. The monoisotopic (exact) mass is 468 g/mol. The molecule has 182 valence electrons. The highest BCUT2D eigenvalue weighted by atomic mass is 16.5. The first-order chi connectivity index (χ1) is 16.5. The summed E-state index contributed by atoms with van der Waals surface area (Å²) < 4.78 is 22.3. The zero-order valence-electron chi connectivity index (χ0n) is 20.0. The number of carbonyl (C=O) groups is 2. The SMILES string of the molecule is COc1cc(N2CC(C(=O)NCc3ccccc3OC3CCCC3)CC2=O)cc(OC)c1OC. The average molecular weight is 469 g/mol. The fourth-order valence-electron chi connectivity index (χ4n) is 4.63. The third-order valence-corrected chi connectivity index (χ3v) is 6.48. The fourth-order valence-corrected chi connectivity index (χ4v) is 4.63. The second-order valence-electron chi connectivity index (χ2n) is 8.64. The van der Waals surface area contributed by atoms with Crippen molar-refractivity contribution in [1.82, 2.24) is 5.32 Å². The van der Waals surface area contributed by atoms with Gasteiger partial charge in [-0.1, -0.05) is 18.2 Å². The van der Waals surface area contributed by atoms with Crippen LogP contribution >= 0.6 is 0 Å². The van der Waals surface area contributed by atoms with E-state index in [-0.39, 0.29) is 30.9 Å². The van der Waals surface area contributed by atoms with E-state index < -0.39 is 5.92 Å². The van der Waals surface area contributed by atoms with Crippen LogP contribution in [-0.2, 0) is 16.1 Å². The van der Waals surface area contributed by atoms with Gasteiger partial charge >= 0.3 is 0 Å². The molecule has 1 atom stereocenters. The van der Waals surface area contributed by atoms with Crippen molar-refractivity contribution in [3.63, 3.8) is 0 Å². The number of hydrogen-bond acceptors (Lipinski definition) is 6. The molecule has 0 radical (unpaired) electrons. The summed E-state index contributed by atoms with van der Waals surface area (Å²) in [5, 5.41) is 2.99. The minimum absolute atomic E-state index is 0.126. The van der Waals surface area contributed by atoms with Gasteiger partial charge < -0.3 is 29.2 Å². The molecule has 0 aromatic heterocycles. The second-order valence-corrected chi connectivity index (χ2v) is 8.64. The van der Waals surface area contributed by atoms with E-state index in [4.69, 9.17) is 18.9 Å². The van der Waals surface area contributed by atoms with E-state index >= 15 is 0 Å². The topological polar surface area (TPSA) is 86.3 Å². The standard InChI is InChI=1S/C26H32N2O6/c1-31-22-13-19(14-23(32-2)25(22)33-3)28-16-18(12-24(28)29)26(30)27-15-17-8-4-7-11-21(17)34-20-9-5-6-10-20/h4,7-8,11,13-14,18,20H,5-6,9-10,12,15-16H2,1-3H3,(H,27,30). The molecule has 1 aliphatic carbocycles. The molecule has 2 amide bonds. The number of para-hydroxylation sites is 1. The number of nitrogens with zero attached hydrogens (tertiary/aromatic N) is 1. The smallest absolute Gasteiger partial charge is 0.227 e. The van der Waals surface area contributed by atoms with E-state index in [0.29, 0.717) is 29.5 Å². The van der Waals surface area contributed by atoms with Crippen LogP contribution in [0.5, 0.6) is 23.0 Å². The molecule has 0 bridgehead atoms. The van der Waals surface area contributed by atoms with Gasteiger partial charge in [-0.2, -0.15) is 0 Å². The minimum atomic E-state index is -0.450. The average Bonchev–Trinajstić information content (AvgIpc) is 3.52. The maximum atomic E-state index is 12.9. The van der Waals surface area contributed by atoms with Crippen molar-refractivity contribution in [2.45, 2.75) is 44.8 Å². The van der Waals surface area contributed by atoms with Crippen molar-refractivity contribution in [1.29, 1.82) is 0 Å². The van der Waals surface area contributed by atoms with Crippen LogP contribution in [0.1, 0.15) is 37.7 Å². The van der Waals surface area contributed by atoms with E-state index in [1.165, 1.54) is 34.2 Å². The van der Waals surface area contributed by atoms with E-state index in [1.54, 1.807) is 17.0 Å². The third-order valence-electron chi connectivity index (χ3n) is 6.48. The first-order valence-electron chi connectivity index (χ1n) is 11.7. The van der Waals surface area contributed by atoms with Crippen molar-refractivity contribution in [3.8, 4) is 23.0 Å². The fraction of sp³-hybridized carbons (Fsp3) is 0.462. The number of amides is 2. The summed E-state index contributed by atoms with van der Waals surface area (Å²) in [4.78, 5) is 27.3. The number of anilines is 1. The molecule has 0 spiro atoms. The van der Waals surface area contributed by atoms with Gasteiger partial charge in [-0.15, -0.1) is 0 Å². The van der Waals surface area contributed by atoms with E-state index in [1.807, 2.05) is 24.3 Å². The van der Waals surface area contributed by atoms with Gasteiger partial charge in [0, 0.05) is 37.2 Å². The van der Waals surface area contributed by atoms with Crippen molar-refractivity contribution < 1.29 is 28.5 Å². The summed E-state index contributed by atoms with van der Waals surface area (Å²) in [5.41, 5.74) is 1.54. The minimum Gasteiger partial charge on any atom is -0.493 e. The Morgan fingerprint density at radius 1 is 1.00 bits per heavy atom. The molecule has 1 aliphatic heterocycles. The molecular formula is C26H32N2O6. The molecule has 2 aliphatic rings. The quantitative estimate of drug-likeness (QED) is 0.604. The lowest BCUT2D eigenvalue weighted by molar-refractivity contribution is -0.126. The molecule has 1 unspecified atom stereocenters. The Kier molecular flexibility index (Phi) is 7.45. The summed E-state index contributed by atoms with van der Waals surface area (Å²) >= 11 is 0. The highest BCUT2D eigenvalue weighted by molar-refractivity contribution is 6.00. The highest BCUT2D eigenvalue weighted by Gasteiger charge is 2.36. The predicted octanol–water partition coefficient (Wildman–Crippen LogP) is 3.70. The zero-order valence-corrected chi connectivity index (χ0v) is 20.0. The number of nitrogens with one attached hydrogen (secondary N) is 1. The summed E-state index contributed by atoms with van der Waals surface area (Å²) in [6.45, 7) is 0.639. The maximum absolute atomic E-state index is 12.9. The van der Waals surface area contributed by atoms with Gasteiger partial charge in [-0.3, -0.25) is 9.59 Å². The summed E-state index contributed by atoms with van der Waals surface area (Å²) in [5.74, 6) is 1.45. The summed E-state index contributed by atoms with van der Waals surface area (Å²) in [6.07, 6.45) is 4.92. The Hall–Kier alpha value is -3.42. The van der Waals surface area contributed by atoms with Crippen LogP contribution in [0.3, 0.4) is 0 Å². The molecule has 2 aromatic rings. The number of carbonyl (C=O) groups excluding carboxylic acids is 2. The van der Waals surface area contributed by atoms with Crippen LogP contribution in [0.25, 0.3) is 0 Å². The molecule has 1 saturated carbocycles. The number of hydrogen-bond donors (Lipinski definition) is 1. The van der Waals surface area contributed by atoms with E-state index in [2.05, 4.69) is 5.32 Å². The normalized spacial score (nSPS) is 18.1. The summed E-state index contributed by atoms with van der Waals surface area (Å²) in [7, 11) is 4.58. The number of ether oxygens (including phenoxy) is 4. The van der Waals surface area contributed by atoms with Gasteiger partial charge in [0.15, 0.2) is 11.5 Å². The van der Waals surface area contributed by atoms with Crippen molar-refractivity contribution >= 4 is 17.5 Å². The lowest BCUT2D eigenvalue weighted by Gasteiger charge is -2.20. The number of benzene rings is 2. The van der Waals surface area contributed by atoms with Crippen molar-refractivity contribution in [2.24, 2.45) is 5.92 Å². The molecule has 2 aromatic carbocycles. The molecule has 1 heterocycles. The van der Waals surface area contributed by atoms with Gasteiger partial charge in [0.25, 0.3) is 0 Å². The second kappa shape index (κ2) is 10.7. The molecule has 8 nitrogen and oxygen atoms in total. The molecule has 1 N–H and O–H groups in total. The molecule has 1 saturated heterocycles. The maximum Gasteiger partial charge on any atom is 0.227 e. The lowest BCUT2D eigenvalue weighted by atomic mass is 10.1. The van der Waals surface area contributed by atoms with Gasteiger partial charge in [-0.05, 0) is 31.7 Å². The van der Waals surface area contributed by atoms with Crippen LogP contribution in [0.15, 0.2) is 36.4 Å². The predicted molar refractivity (Wildman–Crippen MR) is 128 cm³/mol. The van der Waals surface area contributed by atoms with Gasteiger partial charge in [0.05, 0.1) is 39.0 Å². The van der Waals surface area contributed by atoms with Crippen LogP contribution in [0, 0.1) is 5.92 Å². The van der Waals surface area contributed by atoms with Crippen LogP contribution in [-0.4, -0.2) is 45.8 Å². The van der Waals surface area contributed by atoms with Gasteiger partial charge in [0.1, 0.15) is 5.75 Å². The Labute approximate surface area is 200 Å². The van der Waals surface area contributed by atoms with Crippen LogP contribution in [0.2, 0.25) is 0 Å². The third kappa shape index (κ3) is 5.05. The lowest BCUT2D eigenvalue weighted by Crippen LogP contribution is -2.32. The zero-order chi connectivity index (χ0) is 24.1. The highest BCUT2D eigenvalue weighted by Crippen LogP contribution is 2.42. The van der Waals surface area contributed by atoms with Gasteiger partial charge in [-0.25, -0.2) is 0 Å². The molecule has 8 heteroatoms. The van der Waals surface area contributed by atoms with Crippen LogP contribution in [0.4, 0.5) is 5.69 Å². The number of methoxy groups -OCH3 is 3. The Morgan fingerprint density at radius 3 is 2.32 bits per heavy atom. The van der Waals surface area contributed by atoms with E-state index in [0.717, 1.165) is 24.2 Å².